The van der Waals surface area contributed by atoms with Crippen LogP contribution in [0.3, 0.4) is 0 Å². The monoisotopic (exact) mass is 519 g/mol. The van der Waals surface area contributed by atoms with Crippen molar-refractivity contribution in [3.63, 3.8) is 0 Å². The molecule has 1 heterocycles. The summed E-state index contributed by atoms with van der Waals surface area (Å²) >= 11 is 0. The number of rotatable bonds is 8. The zero-order valence-corrected chi connectivity index (χ0v) is 19.8. The van der Waals surface area contributed by atoms with Crippen LogP contribution in [0.15, 0.2) is 54.9 Å². The molecule has 1 aliphatic carbocycles. The number of halogens is 3. The molecule has 0 unspecified atom stereocenters. The number of carbonyl (C=O) groups is 1. The number of alkyl halides is 3. The summed E-state index contributed by atoms with van der Waals surface area (Å²) in [6.07, 6.45) is 0.818. The summed E-state index contributed by atoms with van der Waals surface area (Å²) in [6, 6.07) is 10.6. The zero-order valence-electron chi connectivity index (χ0n) is 19.8. The lowest BCUT2D eigenvalue weighted by Crippen LogP contribution is -2.50. The number of nitrogens with zero attached hydrogens (tertiary/aromatic N) is 2. The minimum absolute atomic E-state index is 0.0239. The molecular formula is C26H28F3N3O5. The second-order valence-corrected chi connectivity index (χ2v) is 8.97. The Kier molecular flexibility index (Phi) is 8.98. The van der Waals surface area contributed by atoms with Gasteiger partial charge in [-0.3, -0.25) is 0 Å². The number of hydrogen-bond acceptors (Lipinski definition) is 7. The molecule has 0 bridgehead atoms. The van der Waals surface area contributed by atoms with E-state index in [0.717, 1.165) is 24.5 Å². The van der Waals surface area contributed by atoms with Gasteiger partial charge in [0.1, 0.15) is 0 Å². The number of aliphatic hydroxyl groups is 3. The highest BCUT2D eigenvalue weighted by Crippen LogP contribution is 2.40. The lowest BCUT2D eigenvalue weighted by Gasteiger charge is -2.20. The Morgan fingerprint density at radius 3 is 2.05 bits per heavy atom. The first-order valence-electron chi connectivity index (χ1n) is 11.5. The van der Waals surface area contributed by atoms with Gasteiger partial charge in [-0.2, -0.15) is 13.2 Å². The summed E-state index contributed by atoms with van der Waals surface area (Å²) < 4.78 is 39.6. The summed E-state index contributed by atoms with van der Waals surface area (Å²) in [4.78, 5) is 19.8. The van der Waals surface area contributed by atoms with E-state index < -0.39 is 43.1 Å². The number of aromatic nitrogens is 2. The molecule has 1 saturated carbocycles. The van der Waals surface area contributed by atoms with Crippen molar-refractivity contribution in [3.05, 3.63) is 82.7 Å². The second kappa shape index (κ2) is 11.8. The molecule has 8 nitrogen and oxygen atoms in total. The number of nitrogens with two attached hydrogens (primary N) is 1. The number of aliphatic hydroxyl groups excluding tert-OH is 3. The third-order valence-corrected chi connectivity index (χ3v) is 5.93. The van der Waals surface area contributed by atoms with Gasteiger partial charge in [0.2, 0.25) is 0 Å². The van der Waals surface area contributed by atoms with Gasteiger partial charge in [-0.1, -0.05) is 30.3 Å². The van der Waals surface area contributed by atoms with Gasteiger partial charge in [0.25, 0.3) is 0 Å². The molecule has 0 aliphatic heterocycles. The number of carboxylic acid groups (broad SMARTS) is 1. The molecule has 11 heteroatoms. The molecule has 3 aromatic rings. The normalized spacial score (nSPS) is 13.6. The number of hydrogen-bond donors (Lipinski definition) is 5. The fourth-order valence-electron chi connectivity index (χ4n) is 3.50. The lowest BCUT2D eigenvalue weighted by molar-refractivity contribution is -0.137. The molecule has 1 aliphatic rings. The average molecular weight is 520 g/mol. The first-order valence-corrected chi connectivity index (χ1v) is 11.5. The van der Waals surface area contributed by atoms with Crippen molar-refractivity contribution in [1.82, 2.24) is 9.97 Å². The number of benzene rings is 2. The van der Waals surface area contributed by atoms with Gasteiger partial charge in [-0.05, 0) is 47.6 Å². The first kappa shape index (κ1) is 28.2. The van der Waals surface area contributed by atoms with Gasteiger partial charge < -0.3 is 26.2 Å². The van der Waals surface area contributed by atoms with E-state index in [0.29, 0.717) is 17.0 Å². The van der Waals surface area contributed by atoms with Gasteiger partial charge >= 0.3 is 12.1 Å². The van der Waals surface area contributed by atoms with Gasteiger partial charge in [0, 0.05) is 24.4 Å². The minimum Gasteiger partial charge on any atom is -0.478 e. The maximum absolute atomic E-state index is 13.2. The van der Waals surface area contributed by atoms with Crippen molar-refractivity contribution in [2.24, 2.45) is 5.73 Å². The average Bonchev–Trinajstić information content (AvgIpc) is 3.74. The summed E-state index contributed by atoms with van der Waals surface area (Å²) in [7, 11) is 0. The van der Waals surface area contributed by atoms with Crippen molar-refractivity contribution in [2.45, 2.75) is 36.9 Å². The topological polar surface area (TPSA) is 150 Å². The van der Waals surface area contributed by atoms with Crippen LogP contribution in [0.4, 0.5) is 13.2 Å². The van der Waals surface area contributed by atoms with Crippen LogP contribution in [0, 0.1) is 0 Å². The summed E-state index contributed by atoms with van der Waals surface area (Å²) in [5.74, 6) is -0.582. The zero-order chi connectivity index (χ0) is 27.2. The van der Waals surface area contributed by atoms with E-state index >= 15 is 0 Å². The van der Waals surface area contributed by atoms with E-state index in [1.165, 1.54) is 30.6 Å². The van der Waals surface area contributed by atoms with E-state index in [2.05, 4.69) is 9.97 Å². The Morgan fingerprint density at radius 1 is 0.973 bits per heavy atom. The van der Waals surface area contributed by atoms with Gasteiger partial charge in [-0.25, -0.2) is 14.8 Å². The SMILES string of the molecule is NC(CO)(CO)CO.O=C(O)c1cc(C2CC2)ccc1Cc1cnc(-c2ccccc2C(F)(F)F)nc1. The molecule has 4 rings (SSSR count). The van der Waals surface area contributed by atoms with Crippen LogP contribution in [-0.4, -0.2) is 61.7 Å². The Bertz CT molecular complexity index is 1200. The fraction of sp³-hybridized carbons (Fsp3) is 0.346. The third-order valence-electron chi connectivity index (χ3n) is 5.93. The fourth-order valence-corrected chi connectivity index (χ4v) is 3.50. The number of carboxylic acids is 1. The van der Waals surface area contributed by atoms with Crippen LogP contribution in [-0.2, 0) is 12.6 Å². The second-order valence-electron chi connectivity index (χ2n) is 8.97. The molecule has 1 fully saturated rings. The predicted octanol–water partition coefficient (Wildman–Crippen LogP) is 2.99. The third kappa shape index (κ3) is 7.32. The van der Waals surface area contributed by atoms with Crippen molar-refractivity contribution < 1.29 is 38.4 Å². The van der Waals surface area contributed by atoms with Gasteiger partial charge in [-0.15, -0.1) is 0 Å². The lowest BCUT2D eigenvalue weighted by atomic mass is 9.97. The predicted molar refractivity (Wildman–Crippen MR) is 129 cm³/mol. The van der Waals surface area contributed by atoms with Crippen LogP contribution in [0.2, 0.25) is 0 Å². The standard InChI is InChI=1S/C22H17F3N2O2.C4H11NO3/c23-22(24,25)19-4-2-1-3-17(19)20-26-11-13(12-27-20)9-16-8-7-15(14-5-6-14)10-18(16)21(28)29;5-4(1-6,2-7)3-8/h1-4,7-8,10-12,14H,5-6,9H2,(H,28,29);6-8H,1-3,5H2. The van der Waals surface area contributed by atoms with Gasteiger partial charge in [0.05, 0.1) is 36.5 Å². The molecule has 0 atom stereocenters. The largest absolute Gasteiger partial charge is 0.478 e. The Hall–Kier alpha value is -3.38. The van der Waals surface area contributed by atoms with E-state index in [4.69, 9.17) is 21.1 Å². The van der Waals surface area contributed by atoms with Gasteiger partial charge in [0.15, 0.2) is 5.82 Å². The molecule has 0 spiro atoms. The molecule has 37 heavy (non-hydrogen) atoms. The van der Waals surface area contributed by atoms with Crippen LogP contribution in [0.25, 0.3) is 11.4 Å². The van der Waals surface area contributed by atoms with Crippen molar-refractivity contribution >= 4 is 5.97 Å². The van der Waals surface area contributed by atoms with Crippen LogP contribution >= 0.6 is 0 Å². The van der Waals surface area contributed by atoms with Crippen molar-refractivity contribution in [1.29, 1.82) is 0 Å². The maximum atomic E-state index is 13.2. The Morgan fingerprint density at radius 2 is 1.57 bits per heavy atom. The van der Waals surface area contributed by atoms with E-state index in [-0.39, 0.29) is 23.4 Å². The van der Waals surface area contributed by atoms with Crippen LogP contribution < -0.4 is 5.73 Å². The maximum Gasteiger partial charge on any atom is 0.417 e. The van der Waals surface area contributed by atoms with Crippen molar-refractivity contribution in [3.8, 4) is 11.4 Å². The molecule has 0 amide bonds. The number of aromatic carboxylic acids is 1. The molecule has 0 radical (unpaired) electrons. The van der Waals surface area contributed by atoms with Crippen LogP contribution in [0.1, 0.15) is 51.4 Å². The van der Waals surface area contributed by atoms with Crippen molar-refractivity contribution in [2.75, 3.05) is 19.8 Å². The summed E-state index contributed by atoms with van der Waals surface area (Å²) in [5.41, 5.74) is 5.56. The minimum atomic E-state index is -4.50. The van der Waals surface area contributed by atoms with E-state index in [9.17, 15) is 23.1 Å². The molecule has 6 N–H and O–H groups in total. The highest BCUT2D eigenvalue weighted by molar-refractivity contribution is 5.89. The Balaban J connectivity index is 0.000000414. The molecule has 0 saturated heterocycles. The summed E-state index contributed by atoms with van der Waals surface area (Å²) in [6.45, 7) is -1.21. The molecule has 2 aromatic carbocycles. The molecule has 1 aromatic heterocycles. The summed E-state index contributed by atoms with van der Waals surface area (Å²) in [5, 5.41) is 34.6. The quantitative estimate of drug-likeness (QED) is 0.305. The first-order chi connectivity index (χ1) is 17.5. The van der Waals surface area contributed by atoms with E-state index in [1.807, 2.05) is 6.07 Å². The molecular weight excluding hydrogens is 491 g/mol. The van der Waals surface area contributed by atoms with Crippen LogP contribution in [0.5, 0.6) is 0 Å². The smallest absolute Gasteiger partial charge is 0.417 e. The van der Waals surface area contributed by atoms with E-state index in [1.54, 1.807) is 12.1 Å². The Labute approximate surface area is 211 Å². The highest BCUT2D eigenvalue weighted by atomic mass is 19.4. The molecule has 198 valence electrons. The highest BCUT2D eigenvalue weighted by Gasteiger charge is 2.34.